The molecular weight excluding hydrogens is 244 g/mol. The van der Waals surface area contributed by atoms with Crippen LogP contribution in [-0.4, -0.2) is 54.8 Å². The molecule has 4 unspecified atom stereocenters. The molecule has 1 aromatic heterocycles. The Morgan fingerprint density at radius 3 is 2.89 bits per heavy atom. The summed E-state index contributed by atoms with van der Waals surface area (Å²) in [5.41, 5.74) is 4.58. The van der Waals surface area contributed by atoms with Crippen LogP contribution in [0.3, 0.4) is 0 Å². The second-order valence-corrected chi connectivity index (χ2v) is 4.01. The number of rotatable bonds is 2. The van der Waals surface area contributed by atoms with Crippen LogP contribution < -0.4 is 11.4 Å². The Morgan fingerprint density at radius 2 is 2.28 bits per heavy atom. The molecule has 4 atom stereocenters. The molecule has 9 nitrogen and oxygen atoms in total. The highest BCUT2D eigenvalue weighted by molar-refractivity contribution is 5.09. The summed E-state index contributed by atoms with van der Waals surface area (Å²) in [6, 6.07) is 0. The minimum Gasteiger partial charge on any atom is -0.394 e. The Bertz CT molecular complexity index is 478. The molecule has 2 heterocycles. The third-order valence-corrected chi connectivity index (χ3v) is 2.79. The van der Waals surface area contributed by atoms with Crippen molar-refractivity contribution in [3.05, 3.63) is 16.8 Å². The molecule has 100 valence electrons. The van der Waals surface area contributed by atoms with Gasteiger partial charge in [-0.15, -0.1) is 0 Å². The maximum atomic E-state index is 11.6. The molecule has 1 aliphatic heterocycles. The van der Waals surface area contributed by atoms with Crippen molar-refractivity contribution < 1.29 is 20.1 Å². The summed E-state index contributed by atoms with van der Waals surface area (Å²) < 4.78 is 6.36. The second-order valence-electron chi connectivity index (χ2n) is 4.01. The quantitative estimate of drug-likeness (QED) is 0.446. The van der Waals surface area contributed by atoms with Crippen molar-refractivity contribution in [2.45, 2.75) is 31.0 Å². The summed E-state index contributed by atoms with van der Waals surface area (Å²) in [5.74, 6) is -0.161. The average molecular weight is 258 g/mol. The Kier molecular flexibility index (Phi) is 3.57. The lowest BCUT2D eigenvalue weighted by molar-refractivity contribution is -0.202. The van der Waals surface area contributed by atoms with Crippen molar-refractivity contribution in [3.63, 3.8) is 0 Å². The summed E-state index contributed by atoms with van der Waals surface area (Å²) in [5, 5.41) is 28.2. The molecule has 0 amide bonds. The number of hydrogen-bond acceptors (Lipinski definition) is 8. The molecular formula is C9H14N4O5. The topological polar surface area (TPSA) is 144 Å². The van der Waals surface area contributed by atoms with Gasteiger partial charge in [0.15, 0.2) is 0 Å². The number of aliphatic hydroxyl groups is 3. The second kappa shape index (κ2) is 4.98. The molecule has 0 radical (unpaired) electrons. The number of ether oxygens (including phenoxy) is 1. The van der Waals surface area contributed by atoms with Crippen LogP contribution >= 0.6 is 0 Å². The van der Waals surface area contributed by atoms with Gasteiger partial charge in [0.1, 0.15) is 24.8 Å². The van der Waals surface area contributed by atoms with Crippen molar-refractivity contribution in [2.24, 2.45) is 0 Å². The first-order valence-electron chi connectivity index (χ1n) is 5.36. The van der Waals surface area contributed by atoms with Gasteiger partial charge in [-0.1, -0.05) is 0 Å². The molecule has 1 fully saturated rings. The van der Waals surface area contributed by atoms with Gasteiger partial charge in [-0.25, -0.2) is 9.78 Å². The predicted molar refractivity (Wildman–Crippen MR) is 58.3 cm³/mol. The fourth-order valence-electron chi connectivity index (χ4n) is 1.81. The van der Waals surface area contributed by atoms with Crippen LogP contribution in [-0.2, 0) is 4.74 Å². The van der Waals surface area contributed by atoms with Gasteiger partial charge >= 0.3 is 5.69 Å². The van der Waals surface area contributed by atoms with Gasteiger partial charge in [-0.05, 0) is 0 Å². The Labute approximate surface area is 101 Å². The third-order valence-electron chi connectivity index (χ3n) is 2.79. The average Bonchev–Trinajstić information content (AvgIpc) is 2.32. The van der Waals surface area contributed by atoms with Crippen LogP contribution in [0.25, 0.3) is 0 Å². The number of aromatic nitrogens is 3. The van der Waals surface area contributed by atoms with Gasteiger partial charge in [0.05, 0.1) is 12.7 Å². The van der Waals surface area contributed by atoms with E-state index in [2.05, 4.69) is 9.97 Å². The first-order chi connectivity index (χ1) is 8.52. The van der Waals surface area contributed by atoms with E-state index in [4.69, 9.17) is 15.6 Å². The molecule has 2 rings (SSSR count). The molecule has 1 aromatic rings. The molecule has 1 saturated heterocycles. The first kappa shape index (κ1) is 12.9. The highest BCUT2D eigenvalue weighted by atomic mass is 16.5. The van der Waals surface area contributed by atoms with Crippen LogP contribution in [0.2, 0.25) is 0 Å². The lowest BCUT2D eigenvalue weighted by atomic mass is 10.0. The van der Waals surface area contributed by atoms with Crippen molar-refractivity contribution in [1.82, 2.24) is 14.5 Å². The van der Waals surface area contributed by atoms with E-state index < -0.39 is 36.8 Å². The first-order valence-corrected chi connectivity index (χ1v) is 5.36. The molecule has 0 bridgehead atoms. The number of nitrogens with two attached hydrogens (primary N) is 1. The lowest BCUT2D eigenvalue weighted by Crippen LogP contribution is -2.49. The fraction of sp³-hybridized carbons (Fsp3) is 0.667. The number of nitrogen functional groups attached to an aromatic ring is 1. The van der Waals surface area contributed by atoms with Gasteiger partial charge in [0.2, 0.25) is 5.95 Å². The normalized spacial score (nSPS) is 32.4. The minimum atomic E-state index is -1.20. The number of nitrogens with zero attached hydrogens (tertiary/aromatic N) is 3. The molecule has 0 aliphatic carbocycles. The molecule has 1 aliphatic rings. The van der Waals surface area contributed by atoms with Crippen LogP contribution in [0.15, 0.2) is 11.1 Å². The fourth-order valence-corrected chi connectivity index (χ4v) is 1.81. The molecule has 5 N–H and O–H groups in total. The van der Waals surface area contributed by atoms with E-state index in [0.717, 1.165) is 10.9 Å². The summed E-state index contributed by atoms with van der Waals surface area (Å²) in [4.78, 5) is 18.7. The van der Waals surface area contributed by atoms with E-state index in [-0.39, 0.29) is 12.4 Å². The SMILES string of the molecule is Nc1ncn(C2CC(O)C(O)C(CO)O2)c(=O)n1. The van der Waals surface area contributed by atoms with Gasteiger partial charge in [0.25, 0.3) is 0 Å². The zero-order valence-corrected chi connectivity index (χ0v) is 9.38. The molecule has 9 heteroatoms. The number of anilines is 1. The maximum Gasteiger partial charge on any atom is 0.354 e. The van der Waals surface area contributed by atoms with E-state index in [1.807, 2.05) is 0 Å². The molecule has 18 heavy (non-hydrogen) atoms. The van der Waals surface area contributed by atoms with E-state index in [9.17, 15) is 15.0 Å². The standard InChI is InChI=1S/C9H14N4O5/c10-8-11-3-13(9(17)12-8)6-1-4(15)7(16)5(2-14)18-6/h3-7,14-16H,1-2H2,(H2,10,12,17). The van der Waals surface area contributed by atoms with Gasteiger partial charge in [0, 0.05) is 6.42 Å². The van der Waals surface area contributed by atoms with Crippen LogP contribution in [0.5, 0.6) is 0 Å². The van der Waals surface area contributed by atoms with Crippen LogP contribution in [0.1, 0.15) is 12.6 Å². The zero-order valence-electron chi connectivity index (χ0n) is 9.38. The van der Waals surface area contributed by atoms with Gasteiger partial charge < -0.3 is 25.8 Å². The van der Waals surface area contributed by atoms with Gasteiger partial charge in [-0.3, -0.25) is 4.57 Å². The van der Waals surface area contributed by atoms with Crippen molar-refractivity contribution >= 4 is 5.95 Å². The lowest BCUT2D eigenvalue weighted by Gasteiger charge is -2.36. The summed E-state index contributed by atoms with van der Waals surface area (Å²) in [7, 11) is 0. The smallest absolute Gasteiger partial charge is 0.354 e. The summed E-state index contributed by atoms with van der Waals surface area (Å²) in [6.07, 6.45) is -2.99. The number of aliphatic hydroxyl groups excluding tert-OH is 3. The minimum absolute atomic E-state index is 0.00908. The summed E-state index contributed by atoms with van der Waals surface area (Å²) in [6.45, 7) is -0.473. The van der Waals surface area contributed by atoms with Crippen molar-refractivity contribution in [2.75, 3.05) is 12.3 Å². The highest BCUT2D eigenvalue weighted by Crippen LogP contribution is 2.26. The molecule has 0 spiro atoms. The summed E-state index contributed by atoms with van der Waals surface area (Å²) >= 11 is 0. The number of hydrogen-bond donors (Lipinski definition) is 4. The van der Waals surface area contributed by atoms with E-state index in [1.165, 1.54) is 0 Å². The van der Waals surface area contributed by atoms with Gasteiger partial charge in [-0.2, -0.15) is 4.98 Å². The predicted octanol–water partition coefficient (Wildman–Crippen LogP) is -2.78. The van der Waals surface area contributed by atoms with Crippen molar-refractivity contribution in [3.8, 4) is 0 Å². The Hall–Kier alpha value is -1.55. The highest BCUT2D eigenvalue weighted by Gasteiger charge is 2.37. The van der Waals surface area contributed by atoms with E-state index >= 15 is 0 Å². The largest absolute Gasteiger partial charge is 0.394 e. The Balaban J connectivity index is 2.26. The van der Waals surface area contributed by atoms with Crippen molar-refractivity contribution in [1.29, 1.82) is 0 Å². The monoisotopic (exact) mass is 258 g/mol. The molecule has 0 aromatic carbocycles. The van der Waals surface area contributed by atoms with E-state index in [1.54, 1.807) is 0 Å². The molecule has 0 saturated carbocycles. The van der Waals surface area contributed by atoms with Crippen LogP contribution in [0, 0.1) is 0 Å². The van der Waals surface area contributed by atoms with Crippen LogP contribution in [0.4, 0.5) is 5.95 Å². The third kappa shape index (κ3) is 2.34. The zero-order chi connectivity index (χ0) is 13.3. The van der Waals surface area contributed by atoms with E-state index in [0.29, 0.717) is 0 Å². The Morgan fingerprint density at radius 1 is 1.56 bits per heavy atom. The maximum absolute atomic E-state index is 11.6.